The first-order valence-electron chi connectivity index (χ1n) is 5.87. The molecule has 0 aliphatic carbocycles. The van der Waals surface area contributed by atoms with Crippen molar-refractivity contribution in [3.63, 3.8) is 0 Å². The number of anilines is 1. The number of fused-ring (bicyclic) bond motifs is 3. The van der Waals surface area contributed by atoms with E-state index in [-0.39, 0.29) is 6.54 Å². The van der Waals surface area contributed by atoms with Crippen LogP contribution in [0.2, 0.25) is 0 Å². The fraction of sp³-hybridized carbons (Fsp3) is 0.214. The van der Waals surface area contributed by atoms with E-state index in [1.54, 1.807) is 0 Å². The third-order valence-electron chi connectivity index (χ3n) is 3.13. The van der Waals surface area contributed by atoms with E-state index in [9.17, 15) is 4.79 Å². The molecule has 0 amide bonds. The fourth-order valence-corrected chi connectivity index (χ4v) is 2.34. The van der Waals surface area contributed by atoms with Crippen LogP contribution in [0.5, 0.6) is 5.75 Å². The number of ether oxygens (including phenoxy) is 1. The monoisotopic (exact) mass is 243 g/mol. The van der Waals surface area contributed by atoms with Crippen LogP contribution < -0.4 is 9.64 Å². The summed E-state index contributed by atoms with van der Waals surface area (Å²) in [6.07, 6.45) is 0. The molecule has 0 bridgehead atoms. The summed E-state index contributed by atoms with van der Waals surface area (Å²) >= 11 is 0. The predicted octanol–water partition coefficient (Wildman–Crippen LogP) is 2.12. The van der Waals surface area contributed by atoms with E-state index in [1.165, 1.54) is 0 Å². The first-order valence-corrected chi connectivity index (χ1v) is 5.87. The molecule has 92 valence electrons. The van der Waals surface area contributed by atoms with Crippen molar-refractivity contribution in [1.82, 2.24) is 0 Å². The zero-order valence-corrected chi connectivity index (χ0v) is 9.80. The van der Waals surface area contributed by atoms with Gasteiger partial charge in [0.2, 0.25) is 0 Å². The van der Waals surface area contributed by atoms with Gasteiger partial charge in [-0.1, -0.05) is 30.3 Å². The first kappa shape index (κ1) is 10.9. The lowest BCUT2D eigenvalue weighted by atomic mass is 10.1. The number of carbonyl (C=O) groups is 1. The topological polar surface area (TPSA) is 49.8 Å². The number of carboxylic acids is 1. The molecule has 2 aromatic carbocycles. The lowest BCUT2D eigenvalue weighted by Crippen LogP contribution is -2.36. The minimum Gasteiger partial charge on any atom is -0.489 e. The smallest absolute Gasteiger partial charge is 0.323 e. The summed E-state index contributed by atoms with van der Waals surface area (Å²) in [6.45, 7) is 1.14. The summed E-state index contributed by atoms with van der Waals surface area (Å²) < 4.78 is 5.71. The molecule has 0 spiro atoms. The molecule has 1 heterocycles. The molecule has 4 nitrogen and oxygen atoms in total. The number of nitrogens with zero attached hydrogens (tertiary/aromatic N) is 1. The van der Waals surface area contributed by atoms with Crippen LogP contribution in [0.15, 0.2) is 36.4 Å². The molecule has 0 aromatic heterocycles. The normalized spacial score (nSPS) is 14.1. The summed E-state index contributed by atoms with van der Waals surface area (Å²) in [4.78, 5) is 12.7. The van der Waals surface area contributed by atoms with Gasteiger partial charge in [-0.05, 0) is 11.5 Å². The Morgan fingerprint density at radius 1 is 1.28 bits per heavy atom. The Morgan fingerprint density at radius 3 is 2.94 bits per heavy atom. The Balaban J connectivity index is 2.13. The first-order chi connectivity index (χ1) is 8.75. The number of benzene rings is 2. The standard InChI is InChI=1S/C14H13NO3/c16-13(17)9-15-7-8-18-14-11-4-2-1-3-10(11)5-6-12(14)15/h1-6H,7-9H2,(H,16,17). The van der Waals surface area contributed by atoms with Gasteiger partial charge in [0.05, 0.1) is 12.2 Å². The maximum atomic E-state index is 10.9. The number of hydrogen-bond donors (Lipinski definition) is 1. The van der Waals surface area contributed by atoms with E-state index in [0.29, 0.717) is 13.2 Å². The molecule has 1 aliphatic heterocycles. The Morgan fingerprint density at radius 2 is 2.11 bits per heavy atom. The van der Waals surface area contributed by atoms with Gasteiger partial charge in [-0.2, -0.15) is 0 Å². The van der Waals surface area contributed by atoms with Crippen molar-refractivity contribution in [2.24, 2.45) is 0 Å². The summed E-state index contributed by atoms with van der Waals surface area (Å²) in [5.74, 6) is -0.0309. The van der Waals surface area contributed by atoms with E-state index < -0.39 is 5.97 Å². The molecule has 0 saturated carbocycles. The van der Waals surface area contributed by atoms with Gasteiger partial charge in [-0.3, -0.25) is 4.79 Å². The Hall–Kier alpha value is -2.23. The molecule has 0 saturated heterocycles. The van der Waals surface area contributed by atoms with Crippen LogP contribution in [0, 0.1) is 0 Å². The number of hydrogen-bond acceptors (Lipinski definition) is 3. The summed E-state index contributed by atoms with van der Waals surface area (Å²) in [6, 6.07) is 11.9. The van der Waals surface area contributed by atoms with Crippen LogP contribution in [0.1, 0.15) is 0 Å². The van der Waals surface area contributed by atoms with Gasteiger partial charge in [0.1, 0.15) is 13.2 Å². The van der Waals surface area contributed by atoms with Crippen molar-refractivity contribution in [2.75, 3.05) is 24.6 Å². The third kappa shape index (κ3) is 1.76. The van der Waals surface area contributed by atoms with E-state index in [2.05, 4.69) is 0 Å². The molecule has 4 heteroatoms. The zero-order valence-electron chi connectivity index (χ0n) is 9.80. The highest BCUT2D eigenvalue weighted by Gasteiger charge is 2.21. The molecule has 0 atom stereocenters. The van der Waals surface area contributed by atoms with Crippen molar-refractivity contribution in [3.8, 4) is 5.75 Å². The lowest BCUT2D eigenvalue weighted by molar-refractivity contribution is -0.135. The van der Waals surface area contributed by atoms with Gasteiger partial charge in [0.25, 0.3) is 0 Å². The van der Waals surface area contributed by atoms with Gasteiger partial charge >= 0.3 is 5.97 Å². The second-order valence-electron chi connectivity index (χ2n) is 4.30. The van der Waals surface area contributed by atoms with Crippen LogP contribution in [-0.4, -0.2) is 30.8 Å². The third-order valence-corrected chi connectivity index (χ3v) is 3.13. The molecule has 18 heavy (non-hydrogen) atoms. The zero-order chi connectivity index (χ0) is 12.5. The molecular weight excluding hydrogens is 230 g/mol. The lowest BCUT2D eigenvalue weighted by Gasteiger charge is -2.30. The highest BCUT2D eigenvalue weighted by Crippen LogP contribution is 2.38. The molecular formula is C14H13NO3. The maximum absolute atomic E-state index is 10.9. The van der Waals surface area contributed by atoms with Crippen molar-refractivity contribution in [3.05, 3.63) is 36.4 Å². The second kappa shape index (κ2) is 4.22. The Labute approximate surface area is 104 Å². The molecule has 1 aliphatic rings. The Kier molecular flexibility index (Phi) is 2.55. The largest absolute Gasteiger partial charge is 0.489 e. The number of rotatable bonds is 2. The SMILES string of the molecule is O=C(O)CN1CCOc2c1ccc1ccccc21. The van der Waals surface area contributed by atoms with E-state index in [4.69, 9.17) is 9.84 Å². The average molecular weight is 243 g/mol. The van der Waals surface area contributed by atoms with Crippen molar-refractivity contribution in [1.29, 1.82) is 0 Å². The molecule has 0 radical (unpaired) electrons. The number of carboxylic acid groups (broad SMARTS) is 1. The van der Waals surface area contributed by atoms with Crippen molar-refractivity contribution in [2.45, 2.75) is 0 Å². The minimum atomic E-state index is -0.823. The summed E-state index contributed by atoms with van der Waals surface area (Å²) in [5.41, 5.74) is 0.863. The minimum absolute atomic E-state index is 0.00863. The summed E-state index contributed by atoms with van der Waals surface area (Å²) in [7, 11) is 0. The fourth-order valence-electron chi connectivity index (χ4n) is 2.34. The number of aliphatic carboxylic acids is 1. The van der Waals surface area contributed by atoms with Crippen molar-refractivity contribution < 1.29 is 14.6 Å². The highest BCUT2D eigenvalue weighted by atomic mass is 16.5. The van der Waals surface area contributed by atoms with Crippen LogP contribution in [0.3, 0.4) is 0 Å². The maximum Gasteiger partial charge on any atom is 0.323 e. The average Bonchev–Trinajstić information content (AvgIpc) is 2.38. The summed E-state index contributed by atoms with van der Waals surface area (Å²) in [5, 5.41) is 11.1. The molecule has 2 aromatic rings. The van der Waals surface area contributed by atoms with Gasteiger partial charge in [-0.25, -0.2) is 0 Å². The molecule has 0 fully saturated rings. The Bertz CT molecular complexity index is 609. The molecule has 1 N–H and O–H groups in total. The van der Waals surface area contributed by atoms with Gasteiger partial charge < -0.3 is 14.7 Å². The van der Waals surface area contributed by atoms with Crippen LogP contribution in [0.4, 0.5) is 5.69 Å². The van der Waals surface area contributed by atoms with Crippen molar-refractivity contribution >= 4 is 22.4 Å². The van der Waals surface area contributed by atoms with E-state index >= 15 is 0 Å². The second-order valence-corrected chi connectivity index (χ2v) is 4.30. The van der Waals surface area contributed by atoms with Gasteiger partial charge in [0, 0.05) is 5.39 Å². The van der Waals surface area contributed by atoms with Crippen LogP contribution >= 0.6 is 0 Å². The van der Waals surface area contributed by atoms with E-state index in [0.717, 1.165) is 22.2 Å². The van der Waals surface area contributed by atoms with Crippen LogP contribution in [0.25, 0.3) is 10.8 Å². The predicted molar refractivity (Wildman–Crippen MR) is 69.3 cm³/mol. The van der Waals surface area contributed by atoms with E-state index in [1.807, 2.05) is 41.3 Å². The van der Waals surface area contributed by atoms with Gasteiger partial charge in [-0.15, -0.1) is 0 Å². The van der Waals surface area contributed by atoms with Crippen LogP contribution in [-0.2, 0) is 4.79 Å². The molecule has 3 rings (SSSR count). The quantitative estimate of drug-likeness (QED) is 0.877. The van der Waals surface area contributed by atoms with Gasteiger partial charge in [0.15, 0.2) is 5.75 Å². The highest BCUT2D eigenvalue weighted by molar-refractivity contribution is 5.94. The molecule has 0 unspecified atom stereocenters.